The number of hydrogen-bond donors (Lipinski definition) is 1. The summed E-state index contributed by atoms with van der Waals surface area (Å²) in [5, 5.41) is 0. The molecule has 0 aromatic rings. The molecule has 1 atom stereocenters. The van der Waals surface area contributed by atoms with E-state index < -0.39 is 11.6 Å². The molecular formula is C13H24N2O3. The van der Waals surface area contributed by atoms with Crippen LogP contribution in [0.3, 0.4) is 0 Å². The van der Waals surface area contributed by atoms with E-state index in [1.807, 2.05) is 20.8 Å². The quantitative estimate of drug-likeness (QED) is 0.750. The molecule has 1 amide bonds. The molecule has 1 fully saturated rings. The number of hydrogen-bond acceptors (Lipinski definition) is 4. The van der Waals surface area contributed by atoms with E-state index in [-0.39, 0.29) is 18.4 Å². The second-order valence-electron chi connectivity index (χ2n) is 5.80. The molecule has 1 saturated heterocycles. The molecule has 18 heavy (non-hydrogen) atoms. The number of esters is 1. The van der Waals surface area contributed by atoms with Crippen LogP contribution in [0.2, 0.25) is 0 Å². The van der Waals surface area contributed by atoms with E-state index in [0.29, 0.717) is 13.0 Å². The molecule has 1 aliphatic rings. The Morgan fingerprint density at radius 3 is 2.67 bits per heavy atom. The Morgan fingerprint density at radius 1 is 1.39 bits per heavy atom. The van der Waals surface area contributed by atoms with Crippen molar-refractivity contribution >= 4 is 11.9 Å². The lowest BCUT2D eigenvalue weighted by molar-refractivity contribution is -0.159. The first-order valence-corrected chi connectivity index (χ1v) is 6.56. The molecule has 0 spiro atoms. The largest absolute Gasteiger partial charge is 0.459 e. The lowest BCUT2D eigenvalue weighted by atomic mass is 10.0. The van der Waals surface area contributed by atoms with Crippen molar-refractivity contribution in [2.24, 2.45) is 5.73 Å². The zero-order valence-corrected chi connectivity index (χ0v) is 11.6. The van der Waals surface area contributed by atoms with Crippen LogP contribution in [0.1, 0.15) is 46.5 Å². The highest BCUT2D eigenvalue weighted by atomic mass is 16.6. The second kappa shape index (κ2) is 6.18. The Hall–Kier alpha value is -1.10. The molecule has 104 valence electrons. The molecule has 0 aromatic heterocycles. The maximum Gasteiger partial charge on any atom is 0.326 e. The number of carbonyl (C=O) groups excluding carboxylic acids is 2. The minimum absolute atomic E-state index is 0.00377. The third-order valence-electron chi connectivity index (χ3n) is 2.81. The average molecular weight is 256 g/mol. The second-order valence-corrected chi connectivity index (χ2v) is 5.80. The van der Waals surface area contributed by atoms with E-state index in [1.165, 1.54) is 4.90 Å². The maximum absolute atomic E-state index is 12.0. The van der Waals surface area contributed by atoms with Crippen LogP contribution >= 0.6 is 0 Å². The molecule has 0 radical (unpaired) electrons. The fourth-order valence-electron chi connectivity index (χ4n) is 2.00. The summed E-state index contributed by atoms with van der Waals surface area (Å²) in [5.74, 6) is -0.510. The molecule has 0 aromatic carbocycles. The summed E-state index contributed by atoms with van der Waals surface area (Å²) in [6.07, 6.45) is 3.64. The molecule has 1 unspecified atom stereocenters. The molecule has 5 nitrogen and oxygen atoms in total. The predicted octanol–water partition coefficient (Wildman–Crippen LogP) is 1.06. The SMILES string of the molecule is CC(C)(C)OC(=O)CN1CCCCCC(N)C1=O. The van der Waals surface area contributed by atoms with Gasteiger partial charge in [-0.3, -0.25) is 9.59 Å². The van der Waals surface area contributed by atoms with Gasteiger partial charge in [0.2, 0.25) is 5.91 Å². The molecule has 1 rings (SSSR count). The first kappa shape index (κ1) is 15.0. The topological polar surface area (TPSA) is 72.6 Å². The van der Waals surface area contributed by atoms with Gasteiger partial charge < -0.3 is 15.4 Å². The number of amides is 1. The molecule has 0 saturated carbocycles. The van der Waals surface area contributed by atoms with E-state index in [0.717, 1.165) is 19.3 Å². The summed E-state index contributed by atoms with van der Waals surface area (Å²) in [5.41, 5.74) is 5.27. The minimum atomic E-state index is -0.523. The van der Waals surface area contributed by atoms with Gasteiger partial charge in [0.05, 0.1) is 6.04 Å². The van der Waals surface area contributed by atoms with E-state index in [9.17, 15) is 9.59 Å². The van der Waals surface area contributed by atoms with Crippen molar-refractivity contribution < 1.29 is 14.3 Å². The monoisotopic (exact) mass is 256 g/mol. The number of carbonyl (C=O) groups is 2. The van der Waals surface area contributed by atoms with Gasteiger partial charge in [0.15, 0.2) is 0 Å². The van der Waals surface area contributed by atoms with Crippen molar-refractivity contribution in [1.29, 1.82) is 0 Å². The molecule has 0 aliphatic carbocycles. The van der Waals surface area contributed by atoms with Crippen molar-refractivity contribution in [2.75, 3.05) is 13.1 Å². The Labute approximate surface area is 109 Å². The zero-order chi connectivity index (χ0) is 13.8. The summed E-state index contributed by atoms with van der Waals surface area (Å²) < 4.78 is 5.22. The van der Waals surface area contributed by atoms with Crippen LogP contribution in [0, 0.1) is 0 Å². The van der Waals surface area contributed by atoms with Crippen LogP contribution in [0.25, 0.3) is 0 Å². The fourth-order valence-corrected chi connectivity index (χ4v) is 2.00. The van der Waals surface area contributed by atoms with Crippen LogP contribution in [0.5, 0.6) is 0 Å². The number of ether oxygens (including phenoxy) is 1. The maximum atomic E-state index is 12.0. The number of rotatable bonds is 2. The van der Waals surface area contributed by atoms with Crippen molar-refractivity contribution in [3.05, 3.63) is 0 Å². The number of likely N-dealkylation sites (tertiary alicyclic amines) is 1. The molecule has 1 heterocycles. The van der Waals surface area contributed by atoms with Crippen LogP contribution in [-0.2, 0) is 14.3 Å². The van der Waals surface area contributed by atoms with Crippen LogP contribution in [0.4, 0.5) is 0 Å². The van der Waals surface area contributed by atoms with E-state index >= 15 is 0 Å². The summed E-state index contributed by atoms with van der Waals surface area (Å²) in [4.78, 5) is 25.2. The Bertz CT molecular complexity index is 310. The Morgan fingerprint density at radius 2 is 2.06 bits per heavy atom. The van der Waals surface area contributed by atoms with E-state index in [4.69, 9.17) is 10.5 Å². The highest BCUT2D eigenvalue weighted by Gasteiger charge is 2.26. The average Bonchev–Trinajstić information content (AvgIpc) is 2.21. The van der Waals surface area contributed by atoms with Gasteiger partial charge >= 0.3 is 5.97 Å². The van der Waals surface area contributed by atoms with Gasteiger partial charge in [-0.2, -0.15) is 0 Å². The Balaban J connectivity index is 2.56. The van der Waals surface area contributed by atoms with Crippen LogP contribution in [0.15, 0.2) is 0 Å². The van der Waals surface area contributed by atoms with Gasteiger partial charge in [0, 0.05) is 6.54 Å². The van der Waals surface area contributed by atoms with Crippen molar-refractivity contribution in [2.45, 2.75) is 58.1 Å². The van der Waals surface area contributed by atoms with Gasteiger partial charge in [-0.05, 0) is 33.6 Å². The smallest absolute Gasteiger partial charge is 0.326 e. The lowest BCUT2D eigenvalue weighted by Crippen LogP contribution is -2.48. The highest BCUT2D eigenvalue weighted by molar-refractivity contribution is 5.85. The summed E-state index contributed by atoms with van der Waals surface area (Å²) in [6.45, 7) is 6.03. The summed E-state index contributed by atoms with van der Waals surface area (Å²) in [6, 6.07) is -0.479. The molecule has 2 N–H and O–H groups in total. The zero-order valence-electron chi connectivity index (χ0n) is 11.6. The highest BCUT2D eigenvalue weighted by Crippen LogP contribution is 2.12. The molecule has 1 aliphatic heterocycles. The van der Waals surface area contributed by atoms with Gasteiger partial charge in [0.25, 0.3) is 0 Å². The standard InChI is InChI=1S/C13H24N2O3/c1-13(2,3)18-11(16)9-15-8-6-4-5-7-10(14)12(15)17/h10H,4-9,14H2,1-3H3. The van der Waals surface area contributed by atoms with E-state index in [1.54, 1.807) is 0 Å². The number of nitrogens with two attached hydrogens (primary N) is 1. The van der Waals surface area contributed by atoms with Gasteiger partial charge in [-0.1, -0.05) is 12.8 Å². The van der Waals surface area contributed by atoms with Crippen molar-refractivity contribution in [1.82, 2.24) is 4.90 Å². The van der Waals surface area contributed by atoms with Gasteiger partial charge in [-0.25, -0.2) is 0 Å². The molecule has 5 heteroatoms. The molecule has 0 bridgehead atoms. The third kappa shape index (κ3) is 5.04. The van der Waals surface area contributed by atoms with Gasteiger partial charge in [0.1, 0.15) is 12.1 Å². The first-order chi connectivity index (χ1) is 8.29. The molecular weight excluding hydrogens is 232 g/mol. The van der Waals surface area contributed by atoms with Crippen molar-refractivity contribution in [3.63, 3.8) is 0 Å². The third-order valence-corrected chi connectivity index (χ3v) is 2.81. The minimum Gasteiger partial charge on any atom is -0.459 e. The van der Waals surface area contributed by atoms with Crippen LogP contribution in [-0.4, -0.2) is 41.5 Å². The van der Waals surface area contributed by atoms with Crippen molar-refractivity contribution in [3.8, 4) is 0 Å². The number of nitrogens with zero attached hydrogens (tertiary/aromatic N) is 1. The van der Waals surface area contributed by atoms with Crippen LogP contribution < -0.4 is 5.73 Å². The summed E-state index contributed by atoms with van der Waals surface area (Å²) in [7, 11) is 0. The van der Waals surface area contributed by atoms with Gasteiger partial charge in [-0.15, -0.1) is 0 Å². The Kier molecular flexibility index (Phi) is 5.14. The first-order valence-electron chi connectivity index (χ1n) is 6.56. The normalized spacial score (nSPS) is 22.3. The lowest BCUT2D eigenvalue weighted by Gasteiger charge is -2.28. The summed E-state index contributed by atoms with van der Waals surface area (Å²) >= 11 is 0. The van der Waals surface area contributed by atoms with E-state index in [2.05, 4.69) is 0 Å². The fraction of sp³-hybridized carbons (Fsp3) is 0.846. The predicted molar refractivity (Wildman–Crippen MR) is 68.9 cm³/mol.